The normalized spacial score (nSPS) is 11.5. The van der Waals surface area contributed by atoms with E-state index in [4.69, 9.17) is 0 Å². The lowest BCUT2D eigenvalue weighted by Crippen LogP contribution is -2.29. The molecule has 0 saturated carbocycles. The molecule has 0 unspecified atom stereocenters. The highest BCUT2D eigenvalue weighted by atomic mass is 32.2. The Morgan fingerprint density at radius 1 is 1.37 bits per heavy atom. The van der Waals surface area contributed by atoms with Gasteiger partial charge >= 0.3 is 5.97 Å². The molecule has 2 N–H and O–H groups in total. The highest BCUT2D eigenvalue weighted by Gasteiger charge is 2.07. The van der Waals surface area contributed by atoms with E-state index in [1.807, 2.05) is 12.1 Å². The smallest absolute Gasteiger partial charge is 0.310 e. The number of carbonyl (C=O) groups is 1. The molecule has 0 spiro atoms. The van der Waals surface area contributed by atoms with Gasteiger partial charge in [0.25, 0.3) is 0 Å². The van der Waals surface area contributed by atoms with Gasteiger partial charge in [0.2, 0.25) is 10.0 Å². The van der Waals surface area contributed by atoms with Crippen LogP contribution >= 0.6 is 11.3 Å². The third-order valence-electron chi connectivity index (χ3n) is 2.42. The summed E-state index contributed by atoms with van der Waals surface area (Å²) in [5.41, 5.74) is 0. The average molecular weight is 306 g/mol. The van der Waals surface area contributed by atoms with Crippen LogP contribution in [0, 0.1) is 0 Å². The Morgan fingerprint density at radius 3 is 2.68 bits per heavy atom. The second-order valence-electron chi connectivity index (χ2n) is 3.82. The summed E-state index contributed by atoms with van der Waals surface area (Å²) in [4.78, 5) is 13.1. The third-order valence-corrected chi connectivity index (χ3v) is 4.87. The summed E-state index contributed by atoms with van der Waals surface area (Å²) < 4.78 is 29.2. The van der Waals surface area contributed by atoms with Crippen LogP contribution in [-0.4, -0.2) is 40.8 Å². The molecule has 1 heterocycles. The summed E-state index contributed by atoms with van der Waals surface area (Å²) in [5, 5.41) is 3.05. The molecule has 6 nitrogen and oxygen atoms in total. The maximum atomic E-state index is 11.2. The van der Waals surface area contributed by atoms with Gasteiger partial charge in [-0.1, -0.05) is 0 Å². The van der Waals surface area contributed by atoms with Crippen LogP contribution in [-0.2, 0) is 32.5 Å². The molecule has 8 heteroatoms. The maximum Gasteiger partial charge on any atom is 0.310 e. The number of thiophene rings is 1. The van der Waals surface area contributed by atoms with E-state index < -0.39 is 10.0 Å². The van der Waals surface area contributed by atoms with Crippen molar-refractivity contribution in [2.24, 2.45) is 0 Å². The second kappa shape index (κ2) is 7.59. The quantitative estimate of drug-likeness (QED) is 0.526. The van der Waals surface area contributed by atoms with Gasteiger partial charge in [0.15, 0.2) is 0 Å². The summed E-state index contributed by atoms with van der Waals surface area (Å²) >= 11 is 1.51. The minimum atomic E-state index is -3.16. The number of ether oxygens (including phenoxy) is 1. The van der Waals surface area contributed by atoms with Gasteiger partial charge in [-0.15, -0.1) is 11.3 Å². The molecule has 1 aromatic heterocycles. The van der Waals surface area contributed by atoms with Crippen LogP contribution in [0.15, 0.2) is 12.1 Å². The fourth-order valence-corrected chi connectivity index (χ4v) is 2.94. The predicted molar refractivity (Wildman–Crippen MR) is 74.6 cm³/mol. The van der Waals surface area contributed by atoms with Crippen LogP contribution in [0.3, 0.4) is 0 Å². The summed E-state index contributed by atoms with van der Waals surface area (Å²) in [6, 6.07) is 3.80. The van der Waals surface area contributed by atoms with E-state index in [2.05, 4.69) is 14.8 Å². The fraction of sp³-hybridized carbons (Fsp3) is 0.545. The number of hydrogen-bond acceptors (Lipinski definition) is 6. The molecule has 0 aliphatic heterocycles. The van der Waals surface area contributed by atoms with Crippen molar-refractivity contribution in [1.29, 1.82) is 0 Å². The van der Waals surface area contributed by atoms with Crippen LogP contribution < -0.4 is 10.0 Å². The number of hydrogen-bond donors (Lipinski definition) is 2. The predicted octanol–water partition coefficient (Wildman–Crippen LogP) is 0.102. The topological polar surface area (TPSA) is 84.5 Å². The van der Waals surface area contributed by atoms with Crippen molar-refractivity contribution in [2.75, 3.05) is 26.5 Å². The van der Waals surface area contributed by atoms with Gasteiger partial charge in [0, 0.05) is 22.8 Å². The first-order chi connectivity index (χ1) is 8.96. The third kappa shape index (κ3) is 6.15. The maximum absolute atomic E-state index is 11.2. The van der Waals surface area contributed by atoms with Gasteiger partial charge in [-0.25, -0.2) is 13.1 Å². The average Bonchev–Trinajstić information content (AvgIpc) is 2.82. The Labute approximate surface area is 117 Å². The molecule has 1 aromatic rings. The van der Waals surface area contributed by atoms with E-state index >= 15 is 0 Å². The zero-order chi connectivity index (χ0) is 14.3. The van der Waals surface area contributed by atoms with Crippen molar-refractivity contribution >= 4 is 27.3 Å². The van der Waals surface area contributed by atoms with Crippen LogP contribution in [0.25, 0.3) is 0 Å². The summed E-state index contributed by atoms with van der Waals surface area (Å²) in [7, 11) is -0.400. The number of nitrogens with one attached hydrogen (secondary N) is 2. The molecular formula is C11H18N2O4S2. The van der Waals surface area contributed by atoms with E-state index in [9.17, 15) is 13.2 Å². The van der Waals surface area contributed by atoms with Crippen molar-refractivity contribution in [3.05, 3.63) is 21.9 Å². The molecule has 0 aliphatic rings. The molecule has 0 saturated heterocycles. The van der Waals surface area contributed by atoms with Crippen molar-refractivity contribution in [2.45, 2.75) is 13.0 Å². The van der Waals surface area contributed by atoms with Gasteiger partial charge in [0.1, 0.15) is 0 Å². The van der Waals surface area contributed by atoms with Gasteiger partial charge in [-0.3, -0.25) is 4.79 Å². The molecule has 0 amide bonds. The second-order valence-corrected chi connectivity index (χ2v) is 7.12. The minimum Gasteiger partial charge on any atom is -0.469 e. The van der Waals surface area contributed by atoms with Gasteiger partial charge in [-0.2, -0.15) is 0 Å². The molecule has 0 fully saturated rings. The van der Waals surface area contributed by atoms with Crippen molar-refractivity contribution in [3.63, 3.8) is 0 Å². The van der Waals surface area contributed by atoms with Gasteiger partial charge < -0.3 is 10.1 Å². The number of methoxy groups -OCH3 is 1. The summed E-state index contributed by atoms with van der Waals surface area (Å²) in [6.45, 7) is 0.971. The van der Waals surface area contributed by atoms with Gasteiger partial charge in [0.05, 0.1) is 19.3 Å². The van der Waals surface area contributed by atoms with Gasteiger partial charge in [-0.05, 0) is 19.2 Å². The minimum absolute atomic E-state index is 0.0455. The molecule has 0 radical (unpaired) electrons. The lowest BCUT2D eigenvalue weighted by molar-refractivity contribution is -0.139. The summed E-state index contributed by atoms with van der Waals surface area (Å²) in [6.07, 6.45) is 0.273. The van der Waals surface area contributed by atoms with E-state index in [1.165, 1.54) is 25.5 Å². The fourth-order valence-electron chi connectivity index (χ4n) is 1.35. The zero-order valence-electron chi connectivity index (χ0n) is 10.9. The largest absolute Gasteiger partial charge is 0.469 e. The molecule has 108 valence electrons. The molecule has 1 rings (SSSR count). The van der Waals surface area contributed by atoms with Crippen LogP contribution in [0.1, 0.15) is 9.75 Å². The monoisotopic (exact) mass is 306 g/mol. The first kappa shape index (κ1) is 16.1. The van der Waals surface area contributed by atoms with Crippen molar-refractivity contribution in [3.8, 4) is 0 Å². The highest BCUT2D eigenvalue weighted by Crippen LogP contribution is 2.17. The van der Waals surface area contributed by atoms with E-state index in [0.29, 0.717) is 13.1 Å². The Hall–Kier alpha value is -0.960. The van der Waals surface area contributed by atoms with E-state index in [0.717, 1.165) is 9.75 Å². The van der Waals surface area contributed by atoms with E-state index in [1.54, 1.807) is 0 Å². The molecule has 0 aromatic carbocycles. The van der Waals surface area contributed by atoms with Crippen molar-refractivity contribution < 1.29 is 17.9 Å². The molecule has 19 heavy (non-hydrogen) atoms. The number of rotatable bonds is 8. The Morgan fingerprint density at radius 2 is 2.05 bits per heavy atom. The SMILES string of the molecule is CNS(=O)(=O)CCNCc1ccc(CC(=O)OC)s1. The summed E-state index contributed by atoms with van der Waals surface area (Å²) in [5.74, 6) is -0.217. The van der Waals surface area contributed by atoms with Crippen molar-refractivity contribution in [1.82, 2.24) is 10.0 Å². The van der Waals surface area contributed by atoms with Crippen LogP contribution in [0.4, 0.5) is 0 Å². The molecule has 0 bridgehead atoms. The van der Waals surface area contributed by atoms with Crippen LogP contribution in [0.5, 0.6) is 0 Å². The standard InChI is InChI=1S/C11H18N2O4S2/c1-12-19(15,16)6-5-13-8-10-4-3-9(18-10)7-11(14)17-2/h3-4,12-13H,5-8H2,1-2H3. The lowest BCUT2D eigenvalue weighted by Gasteiger charge is -2.03. The Kier molecular flexibility index (Phi) is 6.43. The zero-order valence-corrected chi connectivity index (χ0v) is 12.6. The number of sulfonamides is 1. The Balaban J connectivity index is 2.33. The molecule has 0 atom stereocenters. The van der Waals surface area contributed by atoms with E-state index in [-0.39, 0.29) is 18.1 Å². The molecular weight excluding hydrogens is 288 g/mol. The highest BCUT2D eigenvalue weighted by molar-refractivity contribution is 7.89. The first-order valence-corrected chi connectivity index (χ1v) is 8.20. The number of esters is 1. The lowest BCUT2D eigenvalue weighted by atomic mass is 10.3. The first-order valence-electron chi connectivity index (χ1n) is 5.73. The number of carbonyl (C=O) groups excluding carboxylic acids is 1. The Bertz CT molecular complexity index is 511. The van der Waals surface area contributed by atoms with Crippen LogP contribution in [0.2, 0.25) is 0 Å². The molecule has 0 aliphatic carbocycles.